The number of ether oxygens (including phenoxy) is 1. The number of phenolic OH excluding ortho intramolecular Hbond substituents is 1. The van der Waals surface area contributed by atoms with Crippen molar-refractivity contribution in [3.8, 4) is 17.2 Å². The van der Waals surface area contributed by atoms with Crippen LogP contribution in [-0.4, -0.2) is 27.3 Å². The topological polar surface area (TPSA) is 68.8 Å². The van der Waals surface area contributed by atoms with Gasteiger partial charge in [0.2, 0.25) is 0 Å². The Morgan fingerprint density at radius 2 is 1.96 bits per heavy atom. The summed E-state index contributed by atoms with van der Waals surface area (Å²) >= 11 is 6.05. The van der Waals surface area contributed by atoms with Gasteiger partial charge in [0, 0.05) is 13.3 Å². The van der Waals surface area contributed by atoms with Gasteiger partial charge < -0.3 is 9.84 Å². The lowest BCUT2D eigenvalue weighted by atomic mass is 10.2. The normalized spacial score (nSPS) is 11.3. The van der Waals surface area contributed by atoms with Gasteiger partial charge in [-0.25, -0.2) is 9.67 Å². The number of rotatable bonds is 5. The number of phenols is 1. The zero-order chi connectivity index (χ0) is 19.6. The van der Waals surface area contributed by atoms with E-state index in [9.17, 15) is 9.90 Å². The predicted molar refractivity (Wildman–Crippen MR) is 107 cm³/mol. The van der Waals surface area contributed by atoms with Crippen LogP contribution >= 0.6 is 11.6 Å². The van der Waals surface area contributed by atoms with E-state index in [1.165, 1.54) is 6.21 Å². The van der Waals surface area contributed by atoms with E-state index < -0.39 is 0 Å². The number of aliphatic imine (C=N–C) groups is 1. The van der Waals surface area contributed by atoms with E-state index in [4.69, 9.17) is 16.3 Å². The Bertz CT molecular complexity index is 1050. The zero-order valence-corrected chi connectivity index (χ0v) is 16.1. The molecule has 1 heterocycles. The number of para-hydroxylation sites is 1. The van der Waals surface area contributed by atoms with Gasteiger partial charge in [-0.15, -0.1) is 0 Å². The maximum absolute atomic E-state index is 12.9. The Morgan fingerprint density at radius 3 is 2.63 bits per heavy atom. The van der Waals surface area contributed by atoms with Crippen LogP contribution in [0.3, 0.4) is 0 Å². The fourth-order valence-electron chi connectivity index (χ4n) is 2.78. The van der Waals surface area contributed by atoms with E-state index in [-0.39, 0.29) is 22.1 Å². The Labute approximate surface area is 161 Å². The molecule has 0 aliphatic heterocycles. The average molecular weight is 386 g/mol. The van der Waals surface area contributed by atoms with Gasteiger partial charge in [-0.1, -0.05) is 29.8 Å². The van der Waals surface area contributed by atoms with Crippen molar-refractivity contribution in [1.82, 2.24) is 9.36 Å². The Hall–Kier alpha value is -2.99. The van der Waals surface area contributed by atoms with Gasteiger partial charge in [0.15, 0.2) is 17.2 Å². The van der Waals surface area contributed by atoms with Crippen molar-refractivity contribution in [3.63, 3.8) is 0 Å². The van der Waals surface area contributed by atoms with Crippen molar-refractivity contribution < 1.29 is 9.84 Å². The summed E-state index contributed by atoms with van der Waals surface area (Å²) < 4.78 is 8.70. The smallest absolute Gasteiger partial charge is 0.297 e. The van der Waals surface area contributed by atoms with Crippen LogP contribution < -0.4 is 10.3 Å². The summed E-state index contributed by atoms with van der Waals surface area (Å²) in [6.45, 7) is 4.04. The molecular weight excluding hydrogens is 366 g/mol. The fraction of sp³-hybridized carbons (Fsp3) is 0.200. The number of benzene rings is 2. The number of hydrogen-bond acceptors (Lipinski definition) is 4. The molecule has 0 atom stereocenters. The van der Waals surface area contributed by atoms with Crippen LogP contribution in [0, 0.1) is 6.92 Å². The third kappa shape index (κ3) is 3.61. The van der Waals surface area contributed by atoms with Crippen LogP contribution in [0.4, 0.5) is 5.69 Å². The lowest BCUT2D eigenvalue weighted by molar-refractivity contribution is 0.318. The molecule has 0 unspecified atom stereocenters. The molecular formula is C20H20ClN3O3. The highest BCUT2D eigenvalue weighted by atomic mass is 35.5. The summed E-state index contributed by atoms with van der Waals surface area (Å²) in [5, 5.41) is 10.1. The second-order valence-corrected chi connectivity index (χ2v) is 6.36. The summed E-state index contributed by atoms with van der Waals surface area (Å²) in [7, 11) is 1.81. The van der Waals surface area contributed by atoms with Crippen LogP contribution in [0.1, 0.15) is 18.2 Å². The second-order valence-electron chi connectivity index (χ2n) is 5.95. The van der Waals surface area contributed by atoms with Crippen molar-refractivity contribution in [1.29, 1.82) is 0 Å². The van der Waals surface area contributed by atoms with E-state index >= 15 is 0 Å². The van der Waals surface area contributed by atoms with E-state index in [0.29, 0.717) is 17.9 Å². The number of nitrogens with zero attached hydrogens (tertiary/aromatic N) is 3. The molecule has 7 heteroatoms. The van der Waals surface area contributed by atoms with Gasteiger partial charge in [-0.05, 0) is 43.7 Å². The van der Waals surface area contributed by atoms with Crippen molar-refractivity contribution in [3.05, 3.63) is 69.1 Å². The molecule has 0 spiro atoms. The average Bonchev–Trinajstić information content (AvgIpc) is 2.87. The fourth-order valence-corrected chi connectivity index (χ4v) is 2.99. The van der Waals surface area contributed by atoms with E-state index in [2.05, 4.69) is 4.99 Å². The summed E-state index contributed by atoms with van der Waals surface area (Å²) in [5.41, 5.74) is 2.24. The van der Waals surface area contributed by atoms with Crippen molar-refractivity contribution >= 4 is 23.5 Å². The molecule has 3 rings (SSSR count). The van der Waals surface area contributed by atoms with Gasteiger partial charge in [0.05, 0.1) is 23.0 Å². The first-order valence-electron chi connectivity index (χ1n) is 8.47. The Morgan fingerprint density at radius 1 is 1.26 bits per heavy atom. The molecule has 6 nitrogen and oxygen atoms in total. The van der Waals surface area contributed by atoms with Gasteiger partial charge in [-0.2, -0.15) is 0 Å². The first-order valence-corrected chi connectivity index (χ1v) is 8.85. The third-order valence-electron chi connectivity index (χ3n) is 4.22. The number of hydrogen-bond donors (Lipinski definition) is 1. The van der Waals surface area contributed by atoms with Crippen molar-refractivity contribution in [2.75, 3.05) is 6.61 Å². The molecule has 0 aliphatic carbocycles. The Balaban J connectivity index is 2.03. The van der Waals surface area contributed by atoms with Crippen LogP contribution in [0.15, 0.2) is 52.3 Å². The van der Waals surface area contributed by atoms with Gasteiger partial charge >= 0.3 is 0 Å². The molecule has 0 fully saturated rings. The molecule has 0 saturated carbocycles. The first-order chi connectivity index (χ1) is 12.9. The van der Waals surface area contributed by atoms with Gasteiger partial charge in [-0.3, -0.25) is 9.48 Å². The maximum Gasteiger partial charge on any atom is 0.297 e. The SMILES string of the molecule is CCOc1cc(C=Nc2c(C)n(C)n(-c3ccccc3)c2=O)cc(Cl)c1O. The molecule has 1 aromatic heterocycles. The summed E-state index contributed by atoms with van der Waals surface area (Å²) in [4.78, 5) is 17.2. The number of aromatic hydroxyl groups is 1. The standard InChI is InChI=1S/C20H20ClN3O3/c1-4-27-17-11-14(10-16(21)19(17)25)12-22-18-13(2)23(3)24(20(18)26)15-8-6-5-7-9-15/h5-12,25H,4H2,1-3H3. The second kappa shape index (κ2) is 7.72. The van der Waals surface area contributed by atoms with E-state index in [0.717, 1.165) is 11.4 Å². The largest absolute Gasteiger partial charge is 0.503 e. The minimum absolute atomic E-state index is 0.113. The molecule has 0 aliphatic rings. The summed E-state index contributed by atoms with van der Waals surface area (Å²) in [5.74, 6) is 0.163. The van der Waals surface area contributed by atoms with Crippen LogP contribution in [0.5, 0.6) is 11.5 Å². The monoisotopic (exact) mass is 385 g/mol. The highest BCUT2D eigenvalue weighted by molar-refractivity contribution is 6.32. The van der Waals surface area contributed by atoms with Gasteiger partial charge in [0.25, 0.3) is 5.56 Å². The molecule has 3 aromatic rings. The minimum atomic E-state index is -0.215. The lowest BCUT2D eigenvalue weighted by Crippen LogP contribution is -2.19. The Kier molecular flexibility index (Phi) is 5.37. The summed E-state index contributed by atoms with van der Waals surface area (Å²) in [6.07, 6.45) is 1.53. The molecule has 140 valence electrons. The maximum atomic E-state index is 12.9. The quantitative estimate of drug-likeness (QED) is 0.675. The van der Waals surface area contributed by atoms with Gasteiger partial charge in [0.1, 0.15) is 0 Å². The number of halogens is 1. The van der Waals surface area contributed by atoms with Crippen molar-refractivity contribution in [2.24, 2.45) is 12.0 Å². The van der Waals surface area contributed by atoms with Crippen LogP contribution in [-0.2, 0) is 7.05 Å². The molecule has 0 amide bonds. The molecule has 1 N–H and O–H groups in total. The van der Waals surface area contributed by atoms with E-state index in [1.807, 2.05) is 51.2 Å². The van der Waals surface area contributed by atoms with E-state index in [1.54, 1.807) is 21.5 Å². The van der Waals surface area contributed by atoms with Crippen LogP contribution in [0.2, 0.25) is 5.02 Å². The van der Waals surface area contributed by atoms with Crippen molar-refractivity contribution in [2.45, 2.75) is 13.8 Å². The summed E-state index contributed by atoms with van der Waals surface area (Å²) in [6, 6.07) is 12.6. The first kappa shape index (κ1) is 18.8. The highest BCUT2D eigenvalue weighted by Gasteiger charge is 2.15. The minimum Gasteiger partial charge on any atom is -0.503 e. The molecule has 0 saturated heterocycles. The predicted octanol–water partition coefficient (Wildman–Crippen LogP) is 3.99. The molecule has 0 bridgehead atoms. The van der Waals surface area contributed by atoms with Crippen LogP contribution in [0.25, 0.3) is 5.69 Å². The lowest BCUT2D eigenvalue weighted by Gasteiger charge is -2.08. The zero-order valence-electron chi connectivity index (χ0n) is 15.3. The molecule has 0 radical (unpaired) electrons. The molecule has 2 aromatic carbocycles. The third-order valence-corrected chi connectivity index (χ3v) is 4.51. The number of aromatic nitrogens is 2. The highest BCUT2D eigenvalue weighted by Crippen LogP contribution is 2.34. The molecule has 27 heavy (non-hydrogen) atoms.